The van der Waals surface area contributed by atoms with Crippen LogP contribution in [0.3, 0.4) is 0 Å². The summed E-state index contributed by atoms with van der Waals surface area (Å²) >= 11 is 0. The van der Waals surface area contributed by atoms with Crippen molar-refractivity contribution in [2.45, 2.75) is 18.8 Å². The number of anilines is 1. The summed E-state index contributed by atoms with van der Waals surface area (Å²) in [5.74, 6) is -0.941. The van der Waals surface area contributed by atoms with Gasteiger partial charge in [0.15, 0.2) is 5.82 Å². The zero-order valence-corrected chi connectivity index (χ0v) is 8.42. The fourth-order valence-corrected chi connectivity index (χ4v) is 1.58. The Balaban J connectivity index is 2.46. The Kier molecular flexibility index (Phi) is 2.34. The molecule has 80 valence electrons. The Bertz CT molecular complexity index is 413. The zero-order chi connectivity index (χ0) is 11.0. The lowest BCUT2D eigenvalue weighted by atomic mass is 10.1. The van der Waals surface area contributed by atoms with Gasteiger partial charge in [0, 0.05) is 0 Å². The summed E-state index contributed by atoms with van der Waals surface area (Å²) in [4.78, 5) is 11.3. The van der Waals surface area contributed by atoms with Crippen molar-refractivity contribution >= 4 is 11.7 Å². The van der Waals surface area contributed by atoms with Crippen LogP contribution in [-0.4, -0.2) is 13.1 Å². The summed E-state index contributed by atoms with van der Waals surface area (Å²) in [6.07, 6.45) is 2.15. The minimum Gasteiger partial charge on any atom is -0.465 e. The van der Waals surface area contributed by atoms with Crippen LogP contribution < -0.4 is 5.73 Å². The van der Waals surface area contributed by atoms with Crippen molar-refractivity contribution in [2.24, 2.45) is 0 Å². The number of benzene rings is 1. The number of rotatable bonds is 2. The van der Waals surface area contributed by atoms with E-state index >= 15 is 0 Å². The van der Waals surface area contributed by atoms with Crippen LogP contribution in [0.5, 0.6) is 0 Å². The number of ether oxygens (including phenoxy) is 1. The second kappa shape index (κ2) is 3.53. The van der Waals surface area contributed by atoms with Gasteiger partial charge in [-0.3, -0.25) is 0 Å². The van der Waals surface area contributed by atoms with E-state index in [0.717, 1.165) is 18.4 Å². The number of hydrogen-bond donors (Lipinski definition) is 1. The third-order valence-electron chi connectivity index (χ3n) is 2.58. The van der Waals surface area contributed by atoms with Crippen molar-refractivity contribution in [1.82, 2.24) is 0 Å². The van der Waals surface area contributed by atoms with E-state index in [1.165, 1.54) is 13.2 Å². The molecule has 1 aromatic carbocycles. The summed E-state index contributed by atoms with van der Waals surface area (Å²) in [6, 6.07) is 3.13. The molecule has 1 aromatic rings. The van der Waals surface area contributed by atoms with E-state index in [2.05, 4.69) is 4.74 Å². The standard InChI is InChI=1S/C11H12FNO2/c1-15-11(14)8-4-7(6-2-3-6)5-9(13)10(8)12/h4-6H,2-3,13H2,1H3. The third kappa shape index (κ3) is 1.79. The largest absolute Gasteiger partial charge is 0.465 e. The Morgan fingerprint density at radius 1 is 1.53 bits per heavy atom. The molecule has 2 N–H and O–H groups in total. The first-order valence-electron chi connectivity index (χ1n) is 4.80. The fourth-order valence-electron chi connectivity index (χ4n) is 1.58. The predicted molar refractivity (Wildman–Crippen MR) is 54.1 cm³/mol. The smallest absolute Gasteiger partial charge is 0.340 e. The molecular formula is C11H12FNO2. The van der Waals surface area contributed by atoms with Crippen LogP contribution in [0, 0.1) is 5.82 Å². The highest BCUT2D eigenvalue weighted by molar-refractivity contribution is 5.91. The van der Waals surface area contributed by atoms with Gasteiger partial charge in [-0.15, -0.1) is 0 Å². The highest BCUT2D eigenvalue weighted by atomic mass is 19.1. The molecule has 0 radical (unpaired) electrons. The first-order valence-corrected chi connectivity index (χ1v) is 4.80. The molecule has 0 unspecified atom stereocenters. The van der Waals surface area contributed by atoms with Crippen LogP contribution in [0.25, 0.3) is 0 Å². The van der Waals surface area contributed by atoms with Crippen LogP contribution in [0.15, 0.2) is 12.1 Å². The van der Waals surface area contributed by atoms with Gasteiger partial charge in [-0.2, -0.15) is 0 Å². The molecule has 4 heteroatoms. The highest BCUT2D eigenvalue weighted by Crippen LogP contribution is 2.41. The molecule has 0 spiro atoms. The molecule has 0 heterocycles. The van der Waals surface area contributed by atoms with Gasteiger partial charge < -0.3 is 10.5 Å². The molecule has 0 aliphatic heterocycles. The highest BCUT2D eigenvalue weighted by Gasteiger charge is 2.26. The van der Waals surface area contributed by atoms with Crippen LogP contribution in [0.2, 0.25) is 0 Å². The number of hydrogen-bond acceptors (Lipinski definition) is 3. The summed E-state index contributed by atoms with van der Waals surface area (Å²) in [6.45, 7) is 0. The molecule has 0 bridgehead atoms. The first kappa shape index (κ1) is 9.96. The second-order valence-corrected chi connectivity index (χ2v) is 3.74. The number of halogens is 1. The van der Waals surface area contributed by atoms with Gasteiger partial charge in [-0.05, 0) is 36.5 Å². The van der Waals surface area contributed by atoms with Crippen molar-refractivity contribution in [2.75, 3.05) is 12.8 Å². The van der Waals surface area contributed by atoms with Gasteiger partial charge >= 0.3 is 5.97 Å². The predicted octanol–water partition coefficient (Wildman–Crippen LogP) is 2.07. The maximum Gasteiger partial charge on any atom is 0.340 e. The SMILES string of the molecule is COC(=O)c1cc(C2CC2)cc(N)c1F. The molecule has 3 nitrogen and oxygen atoms in total. The number of carbonyl (C=O) groups excluding carboxylic acids is 1. The van der Waals surface area contributed by atoms with Gasteiger partial charge in [-0.25, -0.2) is 9.18 Å². The molecule has 0 saturated heterocycles. The lowest BCUT2D eigenvalue weighted by Gasteiger charge is -2.07. The van der Waals surface area contributed by atoms with Gasteiger partial charge in [0.25, 0.3) is 0 Å². The Morgan fingerprint density at radius 3 is 2.73 bits per heavy atom. The lowest BCUT2D eigenvalue weighted by molar-refractivity contribution is 0.0595. The fraction of sp³-hybridized carbons (Fsp3) is 0.364. The topological polar surface area (TPSA) is 52.3 Å². The van der Waals surface area contributed by atoms with Crippen LogP contribution in [0.1, 0.15) is 34.7 Å². The van der Waals surface area contributed by atoms with E-state index in [0.29, 0.717) is 5.92 Å². The number of methoxy groups -OCH3 is 1. The molecule has 0 atom stereocenters. The quantitative estimate of drug-likeness (QED) is 0.599. The van der Waals surface area contributed by atoms with Crippen molar-refractivity contribution < 1.29 is 13.9 Å². The minimum absolute atomic E-state index is 0.0137. The summed E-state index contributed by atoms with van der Waals surface area (Å²) in [5, 5.41) is 0. The molecule has 0 aromatic heterocycles. The summed E-state index contributed by atoms with van der Waals surface area (Å²) in [5.41, 5.74) is 6.37. The molecule has 1 aliphatic carbocycles. The number of nitrogens with two attached hydrogens (primary N) is 1. The number of nitrogen functional groups attached to an aromatic ring is 1. The first-order chi connectivity index (χ1) is 7.13. The third-order valence-corrected chi connectivity index (χ3v) is 2.58. The van der Waals surface area contributed by atoms with Crippen LogP contribution in [-0.2, 0) is 4.74 Å². The van der Waals surface area contributed by atoms with Gasteiger partial charge in [0.05, 0.1) is 18.4 Å². The van der Waals surface area contributed by atoms with E-state index in [1.54, 1.807) is 6.07 Å². The van der Waals surface area contributed by atoms with E-state index in [4.69, 9.17) is 5.73 Å². The van der Waals surface area contributed by atoms with Gasteiger partial charge in [0.1, 0.15) is 0 Å². The molecule has 1 saturated carbocycles. The Morgan fingerprint density at radius 2 is 2.20 bits per heavy atom. The maximum absolute atomic E-state index is 13.5. The van der Waals surface area contributed by atoms with Crippen molar-refractivity contribution in [3.05, 3.63) is 29.1 Å². The van der Waals surface area contributed by atoms with Crippen molar-refractivity contribution in [1.29, 1.82) is 0 Å². The van der Waals surface area contributed by atoms with Crippen LogP contribution >= 0.6 is 0 Å². The Hall–Kier alpha value is -1.58. The van der Waals surface area contributed by atoms with E-state index in [-0.39, 0.29) is 11.3 Å². The average Bonchev–Trinajstić information content (AvgIpc) is 3.04. The maximum atomic E-state index is 13.5. The average molecular weight is 209 g/mol. The Labute approximate surface area is 87.0 Å². The summed E-state index contributed by atoms with van der Waals surface area (Å²) in [7, 11) is 1.22. The van der Waals surface area contributed by atoms with E-state index < -0.39 is 11.8 Å². The molecule has 2 rings (SSSR count). The van der Waals surface area contributed by atoms with Crippen molar-refractivity contribution in [3.8, 4) is 0 Å². The van der Waals surface area contributed by atoms with E-state index in [9.17, 15) is 9.18 Å². The number of esters is 1. The zero-order valence-electron chi connectivity index (χ0n) is 8.42. The normalized spacial score (nSPS) is 15.1. The summed E-state index contributed by atoms with van der Waals surface area (Å²) < 4.78 is 18.0. The van der Waals surface area contributed by atoms with Crippen LogP contribution in [0.4, 0.5) is 10.1 Å². The van der Waals surface area contributed by atoms with Crippen molar-refractivity contribution in [3.63, 3.8) is 0 Å². The molecule has 15 heavy (non-hydrogen) atoms. The molecule has 0 amide bonds. The number of carbonyl (C=O) groups is 1. The molecule has 1 aliphatic rings. The molecular weight excluding hydrogens is 197 g/mol. The molecule has 1 fully saturated rings. The van der Waals surface area contributed by atoms with E-state index in [1.807, 2.05) is 0 Å². The van der Waals surface area contributed by atoms with Gasteiger partial charge in [-0.1, -0.05) is 0 Å². The minimum atomic E-state index is -0.689. The monoisotopic (exact) mass is 209 g/mol. The second-order valence-electron chi connectivity index (χ2n) is 3.74. The van der Waals surface area contributed by atoms with Gasteiger partial charge in [0.2, 0.25) is 0 Å². The lowest BCUT2D eigenvalue weighted by Crippen LogP contribution is -2.07.